The number of allylic oxidation sites excluding steroid dienone is 2. The summed E-state index contributed by atoms with van der Waals surface area (Å²) in [5.74, 6) is 0.590. The summed E-state index contributed by atoms with van der Waals surface area (Å²) in [6, 6.07) is 6.86. The van der Waals surface area contributed by atoms with E-state index >= 15 is 0 Å². The van der Waals surface area contributed by atoms with Crippen LogP contribution in [-0.4, -0.2) is 49.0 Å². The van der Waals surface area contributed by atoms with Crippen molar-refractivity contribution in [3.8, 4) is 0 Å². The molecule has 0 aliphatic heterocycles. The van der Waals surface area contributed by atoms with Gasteiger partial charge in [-0.2, -0.15) is 0 Å². The molecule has 0 bridgehead atoms. The lowest BCUT2D eigenvalue weighted by molar-refractivity contribution is -0.122. The maximum absolute atomic E-state index is 13.1. The lowest BCUT2D eigenvalue weighted by atomic mass is 9.51. The van der Waals surface area contributed by atoms with Crippen molar-refractivity contribution in [3.05, 3.63) is 41.6 Å². The fourth-order valence-electron chi connectivity index (χ4n) is 8.18. The van der Waals surface area contributed by atoms with Crippen LogP contribution in [0, 0.1) is 35.5 Å². The third kappa shape index (κ3) is 8.05. The summed E-state index contributed by atoms with van der Waals surface area (Å²) in [5.41, 5.74) is 4.61. The Hall–Kier alpha value is -1.02. The van der Waals surface area contributed by atoms with Crippen LogP contribution in [0.15, 0.2) is 40.9 Å². The quantitative estimate of drug-likeness (QED) is 0.156. The molecule has 2 saturated carbocycles. The molecule has 0 spiro atoms. The van der Waals surface area contributed by atoms with Gasteiger partial charge in [0.1, 0.15) is 0 Å². The number of hydrogen-bond donors (Lipinski definition) is 3. The summed E-state index contributed by atoms with van der Waals surface area (Å²) in [7, 11) is -7.54. The first-order chi connectivity index (χ1) is 21.8. The van der Waals surface area contributed by atoms with Gasteiger partial charge < -0.3 is 19.4 Å². The van der Waals surface area contributed by atoms with Gasteiger partial charge in [0.05, 0.1) is 11.0 Å². The van der Waals surface area contributed by atoms with E-state index in [1.54, 1.807) is 24.3 Å². The molecule has 2 fully saturated rings. The second-order valence-corrected chi connectivity index (χ2v) is 30.2. The molecular weight excluding hydrogens is 653 g/mol. The first kappa shape index (κ1) is 39.8. The molecule has 48 heavy (non-hydrogen) atoms. The molecule has 3 N–H and O–H groups in total. The zero-order chi connectivity index (χ0) is 36.1. The van der Waals surface area contributed by atoms with E-state index in [-0.39, 0.29) is 43.7 Å². The summed E-state index contributed by atoms with van der Waals surface area (Å²) >= 11 is 0. The predicted molar refractivity (Wildman–Crippen MR) is 203 cm³/mol. The maximum atomic E-state index is 13.1. The van der Waals surface area contributed by atoms with Crippen molar-refractivity contribution in [3.63, 3.8) is 0 Å². The molecule has 3 aliphatic carbocycles. The van der Waals surface area contributed by atoms with E-state index in [9.17, 15) is 13.5 Å². The SMILES string of the molecule is Cc1ccc(S(=O)(=O)NNC2=CCC3[C@H](O)C([C@@]4(C)CC[C@H](O[Si](C)(C)C(C)(C)C)C[C@@H]4CCO[Si](C)(C)C(C)(C)C)CC[C@]23C)cc1. The molecule has 1 aromatic rings. The van der Waals surface area contributed by atoms with E-state index < -0.39 is 32.8 Å². The minimum atomic E-state index is -3.73. The number of nitrogens with one attached hydrogen (secondary N) is 2. The van der Waals surface area contributed by atoms with E-state index in [4.69, 9.17) is 8.85 Å². The Morgan fingerprint density at radius 2 is 1.52 bits per heavy atom. The normalized spacial score (nSPS) is 32.1. The third-order valence-electron chi connectivity index (χ3n) is 13.8. The van der Waals surface area contributed by atoms with E-state index in [1.165, 1.54) is 0 Å². The van der Waals surface area contributed by atoms with Crippen LogP contribution in [0.4, 0.5) is 0 Å². The number of rotatable bonds is 11. The minimum Gasteiger partial charge on any atom is -0.417 e. The molecule has 7 nitrogen and oxygen atoms in total. The smallest absolute Gasteiger partial charge is 0.257 e. The zero-order valence-corrected chi connectivity index (χ0v) is 35.2. The topological polar surface area (TPSA) is 96.9 Å². The second kappa shape index (κ2) is 13.8. The molecule has 7 atom stereocenters. The van der Waals surface area contributed by atoms with E-state index in [0.29, 0.717) is 5.92 Å². The van der Waals surface area contributed by atoms with Gasteiger partial charge in [-0.15, -0.1) is 4.83 Å². The highest BCUT2D eigenvalue weighted by Gasteiger charge is 2.57. The van der Waals surface area contributed by atoms with Gasteiger partial charge in [0.2, 0.25) is 0 Å². The number of hydrogen-bond acceptors (Lipinski definition) is 6. The summed E-state index contributed by atoms with van der Waals surface area (Å²) in [5, 5.41) is 12.6. The van der Waals surface area contributed by atoms with Gasteiger partial charge in [-0.05, 0) is 123 Å². The van der Waals surface area contributed by atoms with Crippen LogP contribution < -0.4 is 10.3 Å². The largest absolute Gasteiger partial charge is 0.417 e. The van der Waals surface area contributed by atoms with Crippen molar-refractivity contribution in [1.82, 2.24) is 10.3 Å². The van der Waals surface area contributed by atoms with Crippen LogP contribution in [0.3, 0.4) is 0 Å². The Bertz CT molecular complexity index is 1420. The Labute approximate surface area is 295 Å². The van der Waals surface area contributed by atoms with Gasteiger partial charge in [0, 0.05) is 23.8 Å². The van der Waals surface area contributed by atoms with Gasteiger partial charge in [-0.25, -0.2) is 8.42 Å². The van der Waals surface area contributed by atoms with Crippen LogP contribution in [0.1, 0.15) is 106 Å². The maximum Gasteiger partial charge on any atom is 0.257 e. The zero-order valence-electron chi connectivity index (χ0n) is 32.4. The number of hydrazine groups is 1. The van der Waals surface area contributed by atoms with Crippen LogP contribution in [0.25, 0.3) is 0 Å². The third-order valence-corrected chi connectivity index (χ3v) is 24.1. The molecular formula is C38H68N2O5SSi2. The number of sulfonamides is 1. The average molecular weight is 721 g/mol. The van der Waals surface area contributed by atoms with Crippen molar-refractivity contribution >= 4 is 26.7 Å². The summed E-state index contributed by atoms with van der Waals surface area (Å²) < 4.78 is 39.9. The Morgan fingerprint density at radius 3 is 2.10 bits per heavy atom. The van der Waals surface area contributed by atoms with E-state index in [1.807, 2.05) is 6.92 Å². The van der Waals surface area contributed by atoms with Gasteiger partial charge >= 0.3 is 0 Å². The Balaban J connectivity index is 1.51. The van der Waals surface area contributed by atoms with Gasteiger partial charge in [-0.3, -0.25) is 0 Å². The molecule has 3 aliphatic rings. The summed E-state index contributed by atoms with van der Waals surface area (Å²) in [6.45, 7) is 30.6. The van der Waals surface area contributed by atoms with Crippen molar-refractivity contribution in [1.29, 1.82) is 0 Å². The summed E-state index contributed by atoms with van der Waals surface area (Å²) in [6.07, 6.45) is 8.47. The van der Waals surface area contributed by atoms with Crippen molar-refractivity contribution in [2.45, 2.75) is 161 Å². The molecule has 0 amide bonds. The standard InChI is InChI=1S/C38H68N2O5SSi2/c1-27-14-16-30(17-15-27)46(42,43)40-39-33-19-18-31-34(41)32(21-24-38(31,33)9)37(8)23-20-29(45-48(12,13)36(5,6)7)26-28(37)22-25-44-47(10,11)35(2,3)4/h14-17,19,28-29,31-32,34,39-41H,18,20-26H2,1-13H3/t28-,29-,31?,32?,34-,37-,38-/m0/s1. The minimum absolute atomic E-state index is 0.0322. The number of aliphatic hydroxyl groups is 1. The average Bonchev–Trinajstić information content (AvgIpc) is 3.29. The van der Waals surface area contributed by atoms with Gasteiger partial charge in [0.15, 0.2) is 16.6 Å². The fraction of sp³-hybridized carbons (Fsp3) is 0.789. The summed E-state index contributed by atoms with van der Waals surface area (Å²) in [4.78, 5) is 2.86. The van der Waals surface area contributed by atoms with Crippen molar-refractivity contribution < 1.29 is 22.4 Å². The number of benzene rings is 1. The molecule has 1 aromatic carbocycles. The van der Waals surface area contributed by atoms with E-state index in [2.05, 4.69) is 97.9 Å². The predicted octanol–water partition coefficient (Wildman–Crippen LogP) is 9.07. The van der Waals surface area contributed by atoms with Crippen LogP contribution in [0.5, 0.6) is 0 Å². The van der Waals surface area contributed by atoms with Crippen LogP contribution >= 0.6 is 0 Å². The first-order valence-electron chi connectivity index (χ1n) is 18.4. The molecule has 0 saturated heterocycles. The number of aliphatic hydroxyl groups excluding tert-OH is 1. The highest BCUT2D eigenvalue weighted by Crippen LogP contribution is 2.60. The Kier molecular flexibility index (Phi) is 11.5. The van der Waals surface area contributed by atoms with Crippen LogP contribution in [-0.2, 0) is 18.9 Å². The van der Waals surface area contributed by atoms with E-state index in [0.717, 1.165) is 62.8 Å². The van der Waals surface area contributed by atoms with Gasteiger partial charge in [-0.1, -0.05) is 79.2 Å². The molecule has 2 unspecified atom stereocenters. The lowest BCUT2D eigenvalue weighted by Crippen LogP contribution is -2.55. The molecule has 274 valence electrons. The number of fused-ring (bicyclic) bond motifs is 1. The molecule has 10 heteroatoms. The Morgan fingerprint density at radius 1 is 0.917 bits per heavy atom. The van der Waals surface area contributed by atoms with Crippen molar-refractivity contribution in [2.75, 3.05) is 6.61 Å². The molecule has 0 heterocycles. The molecule has 0 radical (unpaired) electrons. The van der Waals surface area contributed by atoms with Crippen LogP contribution in [0.2, 0.25) is 36.3 Å². The van der Waals surface area contributed by atoms with Gasteiger partial charge in [0.25, 0.3) is 10.0 Å². The molecule has 0 aromatic heterocycles. The lowest BCUT2D eigenvalue weighted by Gasteiger charge is -2.56. The number of aryl methyl sites for hydroxylation is 1. The first-order valence-corrected chi connectivity index (χ1v) is 25.7. The highest BCUT2D eigenvalue weighted by atomic mass is 32.2. The monoisotopic (exact) mass is 720 g/mol. The molecule has 4 rings (SSSR count). The second-order valence-electron chi connectivity index (χ2n) is 18.9. The fourth-order valence-corrected chi connectivity index (χ4v) is 11.5. The van der Waals surface area contributed by atoms with Crippen molar-refractivity contribution in [2.24, 2.45) is 28.6 Å². The highest BCUT2D eigenvalue weighted by molar-refractivity contribution is 7.89.